The molecule has 2 fully saturated rings. The van der Waals surface area contributed by atoms with Crippen molar-refractivity contribution in [3.8, 4) is 0 Å². The molecule has 1 aromatic rings. The first-order valence-electron chi connectivity index (χ1n) is 9.76. The lowest BCUT2D eigenvalue weighted by Gasteiger charge is -2.22. The fourth-order valence-corrected chi connectivity index (χ4v) is 3.69. The first-order chi connectivity index (χ1) is 12.1. The number of hydrogen-bond donors (Lipinski definition) is 0. The van der Waals surface area contributed by atoms with Crippen LogP contribution in [0.25, 0.3) is 0 Å². The number of nitrogens with zero attached hydrogens (tertiary/aromatic N) is 4. The summed E-state index contributed by atoms with van der Waals surface area (Å²) >= 11 is 0. The molecule has 3 rings (SSSR count). The topological polar surface area (TPSA) is 50.6 Å². The molecular formula is C19H32N4O2. The molecule has 3 heterocycles. The second-order valence-corrected chi connectivity index (χ2v) is 7.61. The highest BCUT2D eigenvalue weighted by atomic mass is 16.5. The van der Waals surface area contributed by atoms with Crippen LogP contribution in [0, 0.1) is 0 Å². The molecule has 0 spiro atoms. The third kappa shape index (κ3) is 5.28. The summed E-state index contributed by atoms with van der Waals surface area (Å²) in [5.41, 5.74) is 1.26. The second kappa shape index (κ2) is 8.81. The number of carbonyl (C=O) groups excluding carboxylic acids is 1. The number of aromatic nitrogens is 2. The van der Waals surface area contributed by atoms with E-state index in [-0.39, 0.29) is 0 Å². The molecule has 0 saturated carbocycles. The van der Waals surface area contributed by atoms with Crippen LogP contribution < -0.4 is 0 Å². The van der Waals surface area contributed by atoms with Crippen molar-refractivity contribution in [1.82, 2.24) is 19.6 Å². The van der Waals surface area contributed by atoms with Crippen molar-refractivity contribution < 1.29 is 9.53 Å². The van der Waals surface area contributed by atoms with Gasteiger partial charge in [-0.2, -0.15) is 5.10 Å². The van der Waals surface area contributed by atoms with Gasteiger partial charge in [0.05, 0.1) is 12.3 Å². The van der Waals surface area contributed by atoms with Crippen molar-refractivity contribution in [2.75, 3.05) is 32.8 Å². The van der Waals surface area contributed by atoms with Crippen molar-refractivity contribution >= 4 is 5.91 Å². The average molecular weight is 348 g/mol. The zero-order chi connectivity index (χ0) is 17.6. The molecule has 2 saturated heterocycles. The Hall–Kier alpha value is -1.40. The fourth-order valence-electron chi connectivity index (χ4n) is 3.69. The number of carbonyl (C=O) groups is 1. The highest BCUT2D eigenvalue weighted by Gasteiger charge is 2.22. The van der Waals surface area contributed by atoms with E-state index in [0.29, 0.717) is 24.5 Å². The van der Waals surface area contributed by atoms with E-state index in [2.05, 4.69) is 30.0 Å². The molecule has 0 N–H and O–H groups in total. The van der Waals surface area contributed by atoms with Crippen LogP contribution >= 0.6 is 0 Å². The number of rotatable bonds is 6. The van der Waals surface area contributed by atoms with Gasteiger partial charge < -0.3 is 9.64 Å². The summed E-state index contributed by atoms with van der Waals surface area (Å²) in [6, 6.07) is 0.398. The quantitative estimate of drug-likeness (QED) is 0.792. The zero-order valence-corrected chi connectivity index (χ0v) is 15.7. The van der Waals surface area contributed by atoms with Crippen LogP contribution in [-0.2, 0) is 16.1 Å². The molecule has 2 aliphatic rings. The predicted molar refractivity (Wildman–Crippen MR) is 97.3 cm³/mol. The summed E-state index contributed by atoms with van der Waals surface area (Å²) in [5.74, 6) is 0.296. The predicted octanol–water partition coefficient (Wildman–Crippen LogP) is 2.46. The molecule has 6 nitrogen and oxygen atoms in total. The lowest BCUT2D eigenvalue weighted by molar-refractivity contribution is -0.131. The van der Waals surface area contributed by atoms with Gasteiger partial charge in [-0.3, -0.25) is 14.4 Å². The van der Waals surface area contributed by atoms with Gasteiger partial charge in [0.2, 0.25) is 5.91 Å². The molecule has 0 radical (unpaired) electrons. The standard InChI is InChI=1S/C19H32N4O2/c1-16(2)23-15-17(13-20-23)14-21-8-4-9-22(11-10-21)19(24)7-6-18-5-3-12-25-18/h13,15-16,18H,3-12,14H2,1-2H3/t18-/m1/s1. The molecule has 140 valence electrons. The van der Waals surface area contributed by atoms with E-state index >= 15 is 0 Å². The minimum Gasteiger partial charge on any atom is -0.378 e. The molecule has 1 aromatic heterocycles. The minimum atomic E-state index is 0.296. The molecule has 25 heavy (non-hydrogen) atoms. The fraction of sp³-hybridized carbons (Fsp3) is 0.789. The maximum atomic E-state index is 12.5. The molecule has 6 heteroatoms. The molecular weight excluding hydrogens is 316 g/mol. The Balaban J connectivity index is 1.43. The summed E-state index contributed by atoms with van der Waals surface area (Å²) < 4.78 is 7.64. The highest BCUT2D eigenvalue weighted by molar-refractivity contribution is 5.76. The van der Waals surface area contributed by atoms with Gasteiger partial charge in [0.15, 0.2) is 0 Å². The Kier molecular flexibility index (Phi) is 6.48. The average Bonchev–Trinajstić information content (AvgIpc) is 3.22. The summed E-state index contributed by atoms with van der Waals surface area (Å²) in [6.07, 6.45) is 9.24. The molecule has 1 atom stereocenters. The lowest BCUT2D eigenvalue weighted by Crippen LogP contribution is -2.35. The van der Waals surface area contributed by atoms with Crippen LogP contribution in [0.3, 0.4) is 0 Å². The van der Waals surface area contributed by atoms with Gasteiger partial charge in [-0.25, -0.2) is 0 Å². The smallest absolute Gasteiger partial charge is 0.222 e. The van der Waals surface area contributed by atoms with E-state index in [1.807, 2.05) is 15.8 Å². The normalized spacial score (nSPS) is 22.5. The van der Waals surface area contributed by atoms with E-state index in [0.717, 1.165) is 65.0 Å². The van der Waals surface area contributed by atoms with E-state index in [1.165, 1.54) is 5.56 Å². The van der Waals surface area contributed by atoms with Crippen molar-refractivity contribution in [2.45, 2.75) is 64.6 Å². The Morgan fingerprint density at radius 3 is 2.88 bits per heavy atom. The lowest BCUT2D eigenvalue weighted by atomic mass is 10.1. The maximum absolute atomic E-state index is 12.5. The van der Waals surface area contributed by atoms with Crippen LogP contribution in [0.4, 0.5) is 0 Å². The first-order valence-corrected chi connectivity index (χ1v) is 9.76. The zero-order valence-electron chi connectivity index (χ0n) is 15.7. The van der Waals surface area contributed by atoms with Gasteiger partial charge in [-0.1, -0.05) is 0 Å². The molecule has 0 unspecified atom stereocenters. The van der Waals surface area contributed by atoms with Crippen LogP contribution in [0.1, 0.15) is 57.6 Å². The number of ether oxygens (including phenoxy) is 1. The first kappa shape index (κ1) is 18.4. The molecule has 0 bridgehead atoms. The highest BCUT2D eigenvalue weighted by Crippen LogP contribution is 2.18. The molecule has 0 aromatic carbocycles. The van der Waals surface area contributed by atoms with Gasteiger partial charge in [-0.15, -0.1) is 0 Å². The van der Waals surface area contributed by atoms with Crippen LogP contribution in [-0.4, -0.2) is 64.4 Å². The van der Waals surface area contributed by atoms with Crippen molar-refractivity contribution in [3.05, 3.63) is 18.0 Å². The third-order valence-corrected chi connectivity index (χ3v) is 5.24. The Labute approximate surface area is 151 Å². The van der Waals surface area contributed by atoms with Crippen LogP contribution in [0.2, 0.25) is 0 Å². The largest absolute Gasteiger partial charge is 0.378 e. The second-order valence-electron chi connectivity index (χ2n) is 7.61. The van der Waals surface area contributed by atoms with Gasteiger partial charge in [0.25, 0.3) is 0 Å². The maximum Gasteiger partial charge on any atom is 0.222 e. The van der Waals surface area contributed by atoms with Crippen molar-refractivity contribution in [3.63, 3.8) is 0 Å². The Bertz CT molecular complexity index is 551. The van der Waals surface area contributed by atoms with E-state index < -0.39 is 0 Å². The van der Waals surface area contributed by atoms with Crippen molar-refractivity contribution in [1.29, 1.82) is 0 Å². The van der Waals surface area contributed by atoms with Crippen LogP contribution in [0.5, 0.6) is 0 Å². The summed E-state index contributed by atoms with van der Waals surface area (Å²) in [4.78, 5) is 17.0. The molecule has 1 amide bonds. The summed E-state index contributed by atoms with van der Waals surface area (Å²) in [5, 5.41) is 4.42. The van der Waals surface area contributed by atoms with E-state index in [9.17, 15) is 4.79 Å². The summed E-state index contributed by atoms with van der Waals surface area (Å²) in [6.45, 7) is 9.77. The van der Waals surface area contributed by atoms with E-state index in [4.69, 9.17) is 4.74 Å². The third-order valence-electron chi connectivity index (χ3n) is 5.24. The van der Waals surface area contributed by atoms with Gasteiger partial charge in [-0.05, 0) is 39.5 Å². The Morgan fingerprint density at radius 2 is 2.16 bits per heavy atom. The molecule has 0 aliphatic carbocycles. The number of hydrogen-bond acceptors (Lipinski definition) is 4. The summed E-state index contributed by atoms with van der Waals surface area (Å²) in [7, 11) is 0. The van der Waals surface area contributed by atoms with Gasteiger partial charge >= 0.3 is 0 Å². The Morgan fingerprint density at radius 1 is 1.28 bits per heavy atom. The minimum absolute atomic E-state index is 0.296. The van der Waals surface area contributed by atoms with Crippen LogP contribution in [0.15, 0.2) is 12.4 Å². The van der Waals surface area contributed by atoms with E-state index in [1.54, 1.807) is 0 Å². The van der Waals surface area contributed by atoms with Gasteiger partial charge in [0, 0.05) is 63.6 Å². The van der Waals surface area contributed by atoms with Crippen molar-refractivity contribution in [2.24, 2.45) is 0 Å². The van der Waals surface area contributed by atoms with Gasteiger partial charge in [0.1, 0.15) is 0 Å². The molecule has 2 aliphatic heterocycles. The monoisotopic (exact) mass is 348 g/mol. The number of amides is 1. The SMILES string of the molecule is CC(C)n1cc(CN2CCCN(C(=O)CC[C@H]3CCCO3)CC2)cn1.